The quantitative estimate of drug-likeness (QED) is 0.681. The molecule has 0 saturated carbocycles. The number of aliphatic hydroxyl groups is 1. The minimum absolute atomic E-state index is 0.172. The van der Waals surface area contributed by atoms with Crippen molar-refractivity contribution in [3.63, 3.8) is 0 Å². The first-order valence-corrected chi connectivity index (χ1v) is 6.24. The first kappa shape index (κ1) is 13.6. The van der Waals surface area contributed by atoms with E-state index in [1.54, 1.807) is 4.90 Å². The highest BCUT2D eigenvalue weighted by Gasteiger charge is 2.40. The van der Waals surface area contributed by atoms with Gasteiger partial charge in [0.2, 0.25) is 0 Å². The molecule has 0 aromatic carbocycles. The largest absolute Gasteiger partial charge is 0.444 e. The molecule has 2 atom stereocenters. The van der Waals surface area contributed by atoms with Gasteiger partial charge in [0.05, 0.1) is 26.3 Å². The number of ether oxygens (including phenoxy) is 3. The zero-order valence-corrected chi connectivity index (χ0v) is 11.1. The molecule has 2 saturated heterocycles. The Morgan fingerprint density at radius 1 is 1.22 bits per heavy atom. The average Bonchev–Trinajstić information content (AvgIpc) is 2.57. The maximum atomic E-state index is 11.9. The number of fused-ring (bicyclic) bond motifs is 1. The van der Waals surface area contributed by atoms with Gasteiger partial charge in [-0.2, -0.15) is 0 Å². The minimum atomic E-state index is -0.578. The van der Waals surface area contributed by atoms with E-state index < -0.39 is 11.7 Å². The normalized spacial score (nSPS) is 29.9. The van der Waals surface area contributed by atoms with Gasteiger partial charge in [0.1, 0.15) is 23.9 Å². The lowest BCUT2D eigenvalue weighted by molar-refractivity contribution is -0.00461. The van der Waals surface area contributed by atoms with E-state index in [2.05, 4.69) is 0 Å². The molecule has 2 aliphatic heterocycles. The van der Waals surface area contributed by atoms with Crippen LogP contribution in [0.4, 0.5) is 4.79 Å². The molecule has 0 aromatic rings. The van der Waals surface area contributed by atoms with Crippen LogP contribution in [0.15, 0.2) is 0 Å². The van der Waals surface area contributed by atoms with Crippen LogP contribution in [0.1, 0.15) is 20.8 Å². The number of carbonyl (C=O) groups excluding carboxylic acids is 1. The Labute approximate surface area is 107 Å². The van der Waals surface area contributed by atoms with Gasteiger partial charge in [0, 0.05) is 0 Å². The minimum Gasteiger partial charge on any atom is -0.444 e. The van der Waals surface area contributed by atoms with Crippen LogP contribution in [0.25, 0.3) is 0 Å². The number of rotatable bonds is 0. The fourth-order valence-electron chi connectivity index (χ4n) is 2.06. The van der Waals surface area contributed by atoms with E-state index in [9.17, 15) is 9.90 Å². The van der Waals surface area contributed by atoms with E-state index in [0.29, 0.717) is 13.1 Å². The molecule has 2 aliphatic rings. The van der Waals surface area contributed by atoms with Crippen LogP contribution in [-0.4, -0.2) is 66.3 Å². The van der Waals surface area contributed by atoms with Gasteiger partial charge in [0.25, 0.3) is 0 Å². The highest BCUT2D eigenvalue weighted by atomic mass is 16.6. The zero-order valence-electron chi connectivity index (χ0n) is 11.1. The van der Waals surface area contributed by atoms with Crippen molar-refractivity contribution in [2.24, 2.45) is 0 Å². The van der Waals surface area contributed by atoms with Crippen molar-refractivity contribution < 1.29 is 24.1 Å². The summed E-state index contributed by atoms with van der Waals surface area (Å²) in [6.07, 6.45) is -1.27. The number of carbonyl (C=O) groups is 1. The molecular weight excluding hydrogens is 238 g/mol. The van der Waals surface area contributed by atoms with Crippen LogP contribution in [-0.2, 0) is 14.2 Å². The molecule has 0 aliphatic carbocycles. The third kappa shape index (κ3) is 3.34. The fraction of sp³-hybridized carbons (Fsp3) is 0.917. The van der Waals surface area contributed by atoms with E-state index in [4.69, 9.17) is 14.2 Å². The van der Waals surface area contributed by atoms with E-state index in [1.165, 1.54) is 0 Å². The van der Waals surface area contributed by atoms with Crippen LogP contribution in [0, 0.1) is 0 Å². The molecule has 6 heteroatoms. The van der Waals surface area contributed by atoms with Crippen molar-refractivity contribution in [2.75, 3.05) is 26.3 Å². The third-order valence-corrected chi connectivity index (χ3v) is 2.87. The summed E-state index contributed by atoms with van der Waals surface area (Å²) in [6.45, 7) is 6.92. The summed E-state index contributed by atoms with van der Waals surface area (Å²) < 4.78 is 16.4. The Balaban J connectivity index is 1.90. The smallest absolute Gasteiger partial charge is 0.410 e. The molecule has 1 amide bonds. The second-order valence-corrected chi connectivity index (χ2v) is 5.78. The van der Waals surface area contributed by atoms with Crippen LogP contribution in [0.2, 0.25) is 0 Å². The highest BCUT2D eigenvalue weighted by molar-refractivity contribution is 5.68. The molecule has 18 heavy (non-hydrogen) atoms. The second kappa shape index (κ2) is 5.03. The number of hydrogen-bond acceptors (Lipinski definition) is 5. The first-order valence-electron chi connectivity index (χ1n) is 6.24. The lowest BCUT2D eigenvalue weighted by atomic mass is 10.2. The fourth-order valence-corrected chi connectivity index (χ4v) is 2.06. The molecule has 0 radical (unpaired) electrons. The van der Waals surface area contributed by atoms with Gasteiger partial charge < -0.3 is 24.2 Å². The summed E-state index contributed by atoms with van der Waals surface area (Å²) in [6, 6.07) is 0. The van der Waals surface area contributed by atoms with E-state index >= 15 is 0 Å². The van der Waals surface area contributed by atoms with Crippen LogP contribution in [0.3, 0.4) is 0 Å². The van der Waals surface area contributed by atoms with Crippen molar-refractivity contribution in [3.8, 4) is 0 Å². The van der Waals surface area contributed by atoms with Crippen molar-refractivity contribution >= 4 is 6.09 Å². The number of aliphatic hydroxyl groups excluding tert-OH is 1. The van der Waals surface area contributed by atoms with Gasteiger partial charge in [-0.15, -0.1) is 0 Å². The summed E-state index contributed by atoms with van der Waals surface area (Å²) in [5.74, 6) is 0. The van der Waals surface area contributed by atoms with Gasteiger partial charge in [-0.1, -0.05) is 0 Å². The number of likely N-dealkylation sites (tertiary alicyclic amines) is 1. The Morgan fingerprint density at radius 3 is 2.17 bits per heavy atom. The molecule has 2 fully saturated rings. The predicted octanol–water partition coefficient (Wildman–Crippen LogP) is 0.382. The average molecular weight is 259 g/mol. The maximum absolute atomic E-state index is 11.9. The zero-order chi connectivity index (χ0) is 13.3. The molecule has 1 N–H and O–H groups in total. The van der Waals surface area contributed by atoms with Crippen molar-refractivity contribution in [1.29, 1.82) is 0 Å². The Morgan fingerprint density at radius 2 is 1.72 bits per heavy atom. The Bertz CT molecular complexity index is 298. The first-order chi connectivity index (χ1) is 8.35. The standard InChI is InChI=1S/C12H21NO5/c1-12(2,3)18-11(15)13-4-9-10(5-13)17-7-8(14)6-16-9/h8-10,14H,4-7H2,1-3H3/t9-,10-/m0/s1. The van der Waals surface area contributed by atoms with Crippen molar-refractivity contribution in [3.05, 3.63) is 0 Å². The molecule has 2 rings (SSSR count). The van der Waals surface area contributed by atoms with Crippen LogP contribution in [0.5, 0.6) is 0 Å². The second-order valence-electron chi connectivity index (χ2n) is 5.78. The molecule has 0 aromatic heterocycles. The van der Waals surface area contributed by atoms with E-state index in [1.807, 2.05) is 20.8 Å². The van der Waals surface area contributed by atoms with Gasteiger partial charge in [-0.25, -0.2) is 4.79 Å². The Hall–Kier alpha value is -0.850. The molecule has 0 spiro atoms. The summed E-state index contributed by atoms with van der Waals surface area (Å²) in [7, 11) is 0. The maximum Gasteiger partial charge on any atom is 0.410 e. The predicted molar refractivity (Wildman–Crippen MR) is 63.3 cm³/mol. The molecule has 6 nitrogen and oxygen atoms in total. The SMILES string of the molecule is CC(C)(C)OC(=O)N1C[C@@H]2OCC(O)CO[C@H]2C1. The number of amides is 1. The van der Waals surface area contributed by atoms with E-state index in [0.717, 1.165) is 0 Å². The van der Waals surface area contributed by atoms with Gasteiger partial charge in [0.15, 0.2) is 0 Å². The highest BCUT2D eigenvalue weighted by Crippen LogP contribution is 2.22. The molecule has 104 valence electrons. The van der Waals surface area contributed by atoms with Gasteiger partial charge in [-0.3, -0.25) is 0 Å². The summed E-state index contributed by atoms with van der Waals surface area (Å²) >= 11 is 0. The topological polar surface area (TPSA) is 68.2 Å². The summed E-state index contributed by atoms with van der Waals surface area (Å²) in [4.78, 5) is 13.5. The number of nitrogens with zero attached hydrogens (tertiary/aromatic N) is 1. The van der Waals surface area contributed by atoms with Crippen molar-refractivity contribution in [2.45, 2.75) is 44.7 Å². The van der Waals surface area contributed by atoms with Gasteiger partial charge >= 0.3 is 6.09 Å². The summed E-state index contributed by atoms with van der Waals surface area (Å²) in [5.41, 5.74) is -0.500. The van der Waals surface area contributed by atoms with E-state index in [-0.39, 0.29) is 31.5 Å². The lowest BCUT2D eigenvalue weighted by Crippen LogP contribution is -2.36. The molecular formula is C12H21NO5. The molecule has 0 bridgehead atoms. The molecule has 0 unspecified atom stereocenters. The third-order valence-electron chi connectivity index (χ3n) is 2.87. The van der Waals surface area contributed by atoms with Crippen molar-refractivity contribution in [1.82, 2.24) is 4.90 Å². The number of hydrogen-bond donors (Lipinski definition) is 1. The summed E-state index contributed by atoms with van der Waals surface area (Å²) in [5, 5.41) is 9.42. The lowest BCUT2D eigenvalue weighted by Gasteiger charge is -2.24. The molecule has 2 heterocycles. The van der Waals surface area contributed by atoms with Crippen LogP contribution < -0.4 is 0 Å². The monoisotopic (exact) mass is 259 g/mol. The Kier molecular flexibility index (Phi) is 3.79. The van der Waals surface area contributed by atoms with Gasteiger partial charge in [-0.05, 0) is 20.8 Å². The van der Waals surface area contributed by atoms with Crippen LogP contribution >= 0.6 is 0 Å².